The molecule has 0 aliphatic rings. The van der Waals surface area contributed by atoms with Crippen molar-refractivity contribution in [3.05, 3.63) is 35.9 Å². The second kappa shape index (κ2) is 16.7. The Morgan fingerprint density at radius 1 is 0.864 bits per heavy atom. The van der Waals surface area contributed by atoms with Crippen LogP contribution in [0, 0.1) is 0 Å². The zero-order valence-electron chi connectivity index (χ0n) is 14.0. The molecule has 0 amide bonds. The van der Waals surface area contributed by atoms with Gasteiger partial charge in [0.15, 0.2) is 0 Å². The number of benzene rings is 1. The predicted molar refractivity (Wildman–Crippen MR) is 95.1 cm³/mol. The van der Waals surface area contributed by atoms with Crippen molar-refractivity contribution in [1.29, 1.82) is 0 Å². The number of hydrogen-bond donors (Lipinski definition) is 1. The van der Waals surface area contributed by atoms with Crippen LogP contribution in [0.5, 0.6) is 0 Å². The average Bonchev–Trinajstić information content (AvgIpc) is 2.50. The molecule has 0 saturated heterocycles. The predicted octanol–water partition coefficient (Wildman–Crippen LogP) is 4.89. The molecule has 0 heterocycles. The zero-order chi connectivity index (χ0) is 16.5. The molecule has 0 bridgehead atoms. The smallest absolute Gasteiger partial charge is 0.0152 e. The SMILES string of the molecule is CCCCCCCCCCCCc1ccccc1.NS(=O)[O-]. The molecule has 4 heteroatoms. The lowest BCUT2D eigenvalue weighted by Crippen LogP contribution is -1.97. The van der Waals surface area contributed by atoms with Crippen LogP contribution < -0.4 is 5.14 Å². The molecular formula is C18H32NO2S-. The van der Waals surface area contributed by atoms with E-state index in [0.29, 0.717) is 0 Å². The molecule has 0 fully saturated rings. The minimum absolute atomic E-state index is 1.26. The van der Waals surface area contributed by atoms with Gasteiger partial charge in [-0.05, 0) is 18.4 Å². The molecule has 0 aliphatic heterocycles. The van der Waals surface area contributed by atoms with Crippen molar-refractivity contribution in [3.63, 3.8) is 0 Å². The standard InChI is InChI=1S/C18H30.H3NO2S/c1-2-3-4-5-6-7-8-9-10-12-15-18-16-13-11-14-17-18;1-4(2)3/h11,13-14,16-17H,2-10,12,15H2,1H3;1H2,(H,2,3)/p-1. The summed E-state index contributed by atoms with van der Waals surface area (Å²) in [4.78, 5) is 0. The number of aryl methyl sites for hydroxylation is 1. The van der Waals surface area contributed by atoms with Gasteiger partial charge in [0.2, 0.25) is 0 Å². The van der Waals surface area contributed by atoms with E-state index in [0.717, 1.165) is 0 Å². The molecule has 0 aromatic heterocycles. The normalized spacial score (nSPS) is 11.6. The summed E-state index contributed by atoms with van der Waals surface area (Å²) in [6, 6.07) is 10.9. The molecule has 0 radical (unpaired) electrons. The highest BCUT2D eigenvalue weighted by molar-refractivity contribution is 7.76. The maximum Gasteiger partial charge on any atom is 0.0152 e. The molecule has 1 aromatic carbocycles. The maximum atomic E-state index is 8.78. The van der Waals surface area contributed by atoms with E-state index in [1.165, 1.54) is 76.2 Å². The van der Waals surface area contributed by atoms with E-state index < -0.39 is 11.3 Å². The Balaban J connectivity index is 0.000000980. The summed E-state index contributed by atoms with van der Waals surface area (Å²) in [6.45, 7) is 2.28. The van der Waals surface area contributed by atoms with Crippen LogP contribution >= 0.6 is 0 Å². The second-order valence-corrected chi connectivity index (χ2v) is 6.20. The number of rotatable bonds is 11. The summed E-state index contributed by atoms with van der Waals surface area (Å²) in [5.41, 5.74) is 1.50. The topological polar surface area (TPSA) is 66.2 Å². The first-order chi connectivity index (χ1) is 10.7. The van der Waals surface area contributed by atoms with Gasteiger partial charge in [-0.15, -0.1) is 0 Å². The zero-order valence-corrected chi connectivity index (χ0v) is 14.8. The summed E-state index contributed by atoms with van der Waals surface area (Å²) in [5.74, 6) is 0. The Kier molecular flexibility index (Phi) is 16.1. The van der Waals surface area contributed by atoms with Gasteiger partial charge < -0.3 is 4.55 Å². The van der Waals surface area contributed by atoms with Crippen molar-refractivity contribution in [2.75, 3.05) is 0 Å². The first-order valence-corrected chi connectivity index (χ1v) is 9.68. The maximum absolute atomic E-state index is 8.78. The van der Waals surface area contributed by atoms with Crippen molar-refractivity contribution >= 4 is 11.3 Å². The molecule has 1 unspecified atom stereocenters. The highest BCUT2D eigenvalue weighted by Crippen LogP contribution is 2.12. The Labute approximate surface area is 139 Å². The quantitative estimate of drug-likeness (QED) is 0.465. The van der Waals surface area contributed by atoms with Gasteiger partial charge in [-0.1, -0.05) is 95.0 Å². The van der Waals surface area contributed by atoms with E-state index in [9.17, 15) is 0 Å². The molecule has 2 N–H and O–H groups in total. The summed E-state index contributed by atoms with van der Waals surface area (Å²) >= 11 is -2.36. The van der Waals surface area contributed by atoms with Crippen molar-refractivity contribution in [2.24, 2.45) is 5.14 Å². The van der Waals surface area contributed by atoms with Crippen LogP contribution in [0.15, 0.2) is 30.3 Å². The summed E-state index contributed by atoms with van der Waals surface area (Å²) in [6.07, 6.45) is 15.5. The highest BCUT2D eigenvalue weighted by atomic mass is 32.2. The number of hydrogen-bond acceptors (Lipinski definition) is 2. The monoisotopic (exact) mass is 326 g/mol. The van der Waals surface area contributed by atoms with E-state index in [1.54, 1.807) is 0 Å². The molecular weight excluding hydrogens is 294 g/mol. The van der Waals surface area contributed by atoms with Crippen LogP contribution in [0.4, 0.5) is 0 Å². The van der Waals surface area contributed by atoms with E-state index >= 15 is 0 Å². The first-order valence-electron chi connectivity index (χ1n) is 8.54. The lowest BCUT2D eigenvalue weighted by Gasteiger charge is -2.03. The average molecular weight is 327 g/mol. The van der Waals surface area contributed by atoms with Crippen LogP contribution in [-0.2, 0) is 17.7 Å². The van der Waals surface area contributed by atoms with E-state index in [2.05, 4.69) is 42.4 Å². The lowest BCUT2D eigenvalue weighted by atomic mass is 10.0. The van der Waals surface area contributed by atoms with Crippen LogP contribution in [0.25, 0.3) is 0 Å². The van der Waals surface area contributed by atoms with Gasteiger partial charge >= 0.3 is 0 Å². The second-order valence-electron chi connectivity index (χ2n) is 5.68. The fourth-order valence-electron chi connectivity index (χ4n) is 2.46. The third-order valence-electron chi connectivity index (χ3n) is 3.66. The minimum Gasteiger partial charge on any atom is -0.760 e. The Morgan fingerprint density at radius 2 is 1.27 bits per heavy atom. The van der Waals surface area contributed by atoms with Crippen LogP contribution in [0.1, 0.15) is 76.7 Å². The third kappa shape index (κ3) is 17.3. The number of unbranched alkanes of at least 4 members (excludes halogenated alkanes) is 9. The van der Waals surface area contributed by atoms with Crippen LogP contribution in [0.2, 0.25) is 0 Å². The fraction of sp³-hybridized carbons (Fsp3) is 0.667. The van der Waals surface area contributed by atoms with Crippen LogP contribution in [0.3, 0.4) is 0 Å². The molecule has 0 spiro atoms. The van der Waals surface area contributed by atoms with Crippen molar-refractivity contribution in [2.45, 2.75) is 77.6 Å². The van der Waals surface area contributed by atoms with Gasteiger partial charge in [-0.3, -0.25) is 9.35 Å². The molecule has 1 aromatic rings. The van der Waals surface area contributed by atoms with E-state index in [-0.39, 0.29) is 0 Å². The van der Waals surface area contributed by atoms with Gasteiger partial charge in [0, 0.05) is 11.3 Å². The van der Waals surface area contributed by atoms with Crippen molar-refractivity contribution < 1.29 is 8.76 Å². The van der Waals surface area contributed by atoms with Gasteiger partial charge in [-0.25, -0.2) is 0 Å². The third-order valence-corrected chi connectivity index (χ3v) is 3.66. The Hall–Kier alpha value is -0.710. The van der Waals surface area contributed by atoms with Crippen molar-refractivity contribution in [1.82, 2.24) is 0 Å². The van der Waals surface area contributed by atoms with Crippen LogP contribution in [-0.4, -0.2) is 8.76 Å². The fourth-order valence-corrected chi connectivity index (χ4v) is 2.46. The largest absolute Gasteiger partial charge is 0.760 e. The summed E-state index contributed by atoms with van der Waals surface area (Å²) in [5, 5.41) is 4.03. The first kappa shape index (κ1) is 21.3. The molecule has 1 atom stereocenters. The molecule has 0 aliphatic carbocycles. The summed E-state index contributed by atoms with van der Waals surface area (Å²) in [7, 11) is 0. The van der Waals surface area contributed by atoms with Crippen molar-refractivity contribution in [3.8, 4) is 0 Å². The van der Waals surface area contributed by atoms with Gasteiger partial charge in [0.25, 0.3) is 0 Å². The van der Waals surface area contributed by atoms with Gasteiger partial charge in [0.05, 0.1) is 0 Å². The van der Waals surface area contributed by atoms with E-state index in [1.807, 2.05) is 0 Å². The van der Waals surface area contributed by atoms with E-state index in [4.69, 9.17) is 8.76 Å². The molecule has 128 valence electrons. The molecule has 1 rings (SSSR count). The molecule has 22 heavy (non-hydrogen) atoms. The number of nitrogens with two attached hydrogens (primary N) is 1. The minimum atomic E-state index is -2.36. The van der Waals surface area contributed by atoms with Gasteiger partial charge in [-0.2, -0.15) is 0 Å². The molecule has 3 nitrogen and oxygen atoms in total. The Morgan fingerprint density at radius 3 is 1.73 bits per heavy atom. The lowest BCUT2D eigenvalue weighted by molar-refractivity contribution is 0.539. The summed E-state index contributed by atoms with van der Waals surface area (Å²) < 4.78 is 17.6. The van der Waals surface area contributed by atoms with Gasteiger partial charge in [0.1, 0.15) is 0 Å². The highest BCUT2D eigenvalue weighted by Gasteiger charge is 1.94. The Bertz CT molecular complexity index is 353. The molecule has 0 saturated carbocycles.